The smallest absolute Gasteiger partial charge is 0.253 e. The summed E-state index contributed by atoms with van der Waals surface area (Å²) in [6.45, 7) is 2.49. The summed E-state index contributed by atoms with van der Waals surface area (Å²) in [6.07, 6.45) is 4.12. The third-order valence-corrected chi connectivity index (χ3v) is 5.78. The summed E-state index contributed by atoms with van der Waals surface area (Å²) < 4.78 is 12.5. The Hall–Kier alpha value is -3.39. The lowest BCUT2D eigenvalue weighted by atomic mass is 10.1. The Bertz CT molecular complexity index is 1190. The Morgan fingerprint density at radius 2 is 2.06 bits per heavy atom. The van der Waals surface area contributed by atoms with Gasteiger partial charge >= 0.3 is 0 Å². The zero-order valence-electron chi connectivity index (χ0n) is 17.7. The van der Waals surface area contributed by atoms with Gasteiger partial charge in [-0.05, 0) is 53.9 Å². The molecular weight excluding hydrogens is 412 g/mol. The zero-order chi connectivity index (χ0) is 21.8. The Morgan fingerprint density at radius 1 is 1.19 bits per heavy atom. The molecule has 0 aliphatic rings. The molecule has 1 amide bonds. The van der Waals surface area contributed by atoms with Gasteiger partial charge < -0.3 is 14.8 Å². The molecule has 0 aliphatic heterocycles. The Labute approximate surface area is 184 Å². The van der Waals surface area contributed by atoms with Crippen LogP contribution in [0.2, 0.25) is 0 Å². The molecule has 160 valence electrons. The van der Waals surface area contributed by atoms with Crippen LogP contribution in [-0.4, -0.2) is 40.9 Å². The van der Waals surface area contributed by atoms with E-state index in [1.165, 1.54) is 5.56 Å². The number of aromatic nitrogens is 3. The molecule has 0 bridgehead atoms. The number of fused-ring (bicyclic) bond motifs is 1. The van der Waals surface area contributed by atoms with Crippen molar-refractivity contribution in [2.24, 2.45) is 0 Å². The highest BCUT2D eigenvalue weighted by molar-refractivity contribution is 7.07. The average Bonchev–Trinajstić information content (AvgIpc) is 3.43. The third kappa shape index (κ3) is 4.69. The van der Waals surface area contributed by atoms with E-state index in [-0.39, 0.29) is 11.9 Å². The van der Waals surface area contributed by atoms with Crippen LogP contribution in [0.15, 0.2) is 53.5 Å². The van der Waals surface area contributed by atoms with Crippen molar-refractivity contribution in [2.75, 3.05) is 14.2 Å². The number of rotatable bonds is 8. The highest BCUT2D eigenvalue weighted by Gasteiger charge is 2.14. The van der Waals surface area contributed by atoms with E-state index in [2.05, 4.69) is 26.8 Å². The first kappa shape index (κ1) is 20.9. The number of hydrogen-bond acceptors (Lipinski definition) is 6. The highest BCUT2D eigenvalue weighted by atomic mass is 32.1. The predicted molar refractivity (Wildman–Crippen MR) is 121 cm³/mol. The molecule has 1 aromatic carbocycles. The monoisotopic (exact) mass is 436 g/mol. The van der Waals surface area contributed by atoms with Gasteiger partial charge in [0.2, 0.25) is 0 Å². The highest BCUT2D eigenvalue weighted by Crippen LogP contribution is 2.26. The van der Waals surface area contributed by atoms with Crippen molar-refractivity contribution in [3.8, 4) is 11.5 Å². The Balaban J connectivity index is 1.50. The number of ether oxygens (including phenoxy) is 2. The van der Waals surface area contributed by atoms with Gasteiger partial charge in [0, 0.05) is 29.3 Å². The number of hydrogen-bond donors (Lipinski definition) is 1. The van der Waals surface area contributed by atoms with Gasteiger partial charge in [-0.25, -0.2) is 9.67 Å². The maximum absolute atomic E-state index is 12.7. The quantitative estimate of drug-likeness (QED) is 0.453. The molecule has 3 aromatic heterocycles. The first-order valence-electron chi connectivity index (χ1n) is 9.91. The third-order valence-electron chi connectivity index (χ3n) is 5.05. The molecule has 1 atom stereocenters. The molecule has 8 heteroatoms. The van der Waals surface area contributed by atoms with Crippen molar-refractivity contribution in [2.45, 2.75) is 25.9 Å². The number of pyridine rings is 1. The maximum atomic E-state index is 12.7. The zero-order valence-corrected chi connectivity index (χ0v) is 18.5. The summed E-state index contributed by atoms with van der Waals surface area (Å²) in [5.74, 6) is 1.31. The van der Waals surface area contributed by atoms with E-state index < -0.39 is 0 Å². The predicted octanol–water partition coefficient (Wildman–Crippen LogP) is 3.92. The molecule has 1 unspecified atom stereocenters. The summed E-state index contributed by atoms with van der Waals surface area (Å²) >= 11 is 1.66. The second-order valence-corrected chi connectivity index (χ2v) is 8.11. The van der Waals surface area contributed by atoms with Gasteiger partial charge in [0.25, 0.3) is 5.91 Å². The van der Waals surface area contributed by atoms with Gasteiger partial charge in [-0.15, -0.1) is 0 Å². The van der Waals surface area contributed by atoms with Gasteiger partial charge in [-0.2, -0.15) is 16.4 Å². The number of benzene rings is 1. The fourth-order valence-electron chi connectivity index (χ4n) is 3.48. The average molecular weight is 437 g/mol. The van der Waals surface area contributed by atoms with Crippen LogP contribution >= 0.6 is 11.3 Å². The van der Waals surface area contributed by atoms with E-state index >= 15 is 0 Å². The topological polar surface area (TPSA) is 78.3 Å². The summed E-state index contributed by atoms with van der Waals surface area (Å²) in [5.41, 5.74) is 3.41. The SMILES string of the molecule is COc1ccc(Cn2ncc3cc(C(=O)NC(C)Cc4ccsc4)cnc32)c(OC)c1. The van der Waals surface area contributed by atoms with E-state index in [9.17, 15) is 4.79 Å². The fraction of sp³-hybridized carbons (Fsp3) is 0.261. The molecule has 7 nitrogen and oxygen atoms in total. The molecule has 1 N–H and O–H groups in total. The van der Waals surface area contributed by atoms with Crippen molar-refractivity contribution in [3.05, 3.63) is 70.2 Å². The van der Waals surface area contributed by atoms with Crippen LogP contribution in [0.25, 0.3) is 11.0 Å². The summed E-state index contributed by atoms with van der Waals surface area (Å²) in [6, 6.07) is 9.60. The minimum absolute atomic E-state index is 0.0306. The van der Waals surface area contributed by atoms with Crippen molar-refractivity contribution < 1.29 is 14.3 Å². The maximum Gasteiger partial charge on any atom is 0.253 e. The van der Waals surface area contributed by atoms with E-state index in [0.717, 1.165) is 28.9 Å². The summed E-state index contributed by atoms with van der Waals surface area (Å²) in [7, 11) is 3.25. The molecule has 0 spiro atoms. The van der Waals surface area contributed by atoms with E-state index in [4.69, 9.17) is 9.47 Å². The van der Waals surface area contributed by atoms with Crippen LogP contribution in [0.1, 0.15) is 28.4 Å². The minimum Gasteiger partial charge on any atom is -0.497 e. The lowest BCUT2D eigenvalue weighted by Gasteiger charge is -2.13. The van der Waals surface area contributed by atoms with Crippen LogP contribution in [0, 0.1) is 0 Å². The van der Waals surface area contributed by atoms with Gasteiger partial charge in [0.15, 0.2) is 5.65 Å². The number of methoxy groups -OCH3 is 2. The summed E-state index contributed by atoms with van der Waals surface area (Å²) in [4.78, 5) is 17.2. The lowest BCUT2D eigenvalue weighted by molar-refractivity contribution is 0.0940. The van der Waals surface area contributed by atoms with Crippen LogP contribution in [0.4, 0.5) is 0 Å². The number of amides is 1. The summed E-state index contributed by atoms with van der Waals surface area (Å²) in [5, 5.41) is 12.5. The van der Waals surface area contributed by atoms with Crippen LogP contribution in [0.5, 0.6) is 11.5 Å². The fourth-order valence-corrected chi connectivity index (χ4v) is 4.16. The molecule has 0 aliphatic carbocycles. The van der Waals surface area contributed by atoms with Crippen molar-refractivity contribution in [1.29, 1.82) is 0 Å². The molecular formula is C23H24N4O3S. The van der Waals surface area contributed by atoms with Crippen molar-refractivity contribution >= 4 is 28.3 Å². The van der Waals surface area contributed by atoms with E-state index in [1.54, 1.807) is 42.6 Å². The molecule has 0 saturated carbocycles. The number of nitrogens with one attached hydrogen (secondary N) is 1. The van der Waals surface area contributed by atoms with Gasteiger partial charge in [0.1, 0.15) is 11.5 Å². The molecule has 0 fully saturated rings. The van der Waals surface area contributed by atoms with Crippen LogP contribution in [0.3, 0.4) is 0 Å². The van der Waals surface area contributed by atoms with Gasteiger partial charge in [-0.3, -0.25) is 4.79 Å². The number of carbonyl (C=O) groups excluding carboxylic acids is 1. The molecule has 4 rings (SSSR count). The van der Waals surface area contributed by atoms with Crippen molar-refractivity contribution in [1.82, 2.24) is 20.1 Å². The normalized spacial score (nSPS) is 12.0. The lowest BCUT2D eigenvalue weighted by Crippen LogP contribution is -2.34. The molecule has 4 aromatic rings. The largest absolute Gasteiger partial charge is 0.497 e. The number of carbonyl (C=O) groups is 1. The number of thiophene rings is 1. The van der Waals surface area contributed by atoms with E-state index in [0.29, 0.717) is 17.8 Å². The standard InChI is InChI=1S/C23H24N4O3S/c1-15(8-16-6-7-31-14-16)26-23(28)19-9-18-12-25-27(22(18)24-11-19)13-17-4-5-20(29-2)10-21(17)30-3/h4-7,9-12,14-15H,8,13H2,1-3H3,(H,26,28). The van der Waals surface area contributed by atoms with Crippen molar-refractivity contribution in [3.63, 3.8) is 0 Å². The van der Waals surface area contributed by atoms with Crippen LogP contribution in [-0.2, 0) is 13.0 Å². The molecule has 3 heterocycles. The Kier molecular flexibility index (Phi) is 6.18. The first-order chi connectivity index (χ1) is 15.1. The molecule has 0 radical (unpaired) electrons. The Morgan fingerprint density at radius 3 is 2.81 bits per heavy atom. The second kappa shape index (κ2) is 9.18. The second-order valence-electron chi connectivity index (χ2n) is 7.33. The van der Waals surface area contributed by atoms with Gasteiger partial charge in [-0.1, -0.05) is 0 Å². The molecule has 0 saturated heterocycles. The van der Waals surface area contributed by atoms with E-state index in [1.807, 2.05) is 36.6 Å². The van der Waals surface area contributed by atoms with Gasteiger partial charge in [0.05, 0.1) is 32.5 Å². The first-order valence-corrected chi connectivity index (χ1v) is 10.9. The minimum atomic E-state index is -0.137. The molecule has 31 heavy (non-hydrogen) atoms. The number of nitrogens with zero attached hydrogens (tertiary/aromatic N) is 3. The van der Waals surface area contributed by atoms with Crippen LogP contribution < -0.4 is 14.8 Å².